The Kier molecular flexibility index (Phi) is 5.68. The normalized spacial score (nSPS) is 18.5. The van der Waals surface area contributed by atoms with Gasteiger partial charge in [-0.2, -0.15) is 0 Å². The largest absolute Gasteiger partial charge is 0.393 e. The molecule has 9 heteroatoms. The lowest BCUT2D eigenvalue weighted by Crippen LogP contribution is -1.96. The molecule has 110 valence electrons. The lowest BCUT2D eigenvalue weighted by atomic mass is 10.4. The Balaban J connectivity index is 0.000000157. The van der Waals surface area contributed by atoms with Gasteiger partial charge < -0.3 is 14.2 Å². The smallest absolute Gasteiger partial charge is 0.338 e. The summed E-state index contributed by atoms with van der Waals surface area (Å²) in [5, 5.41) is 0. The first-order valence-electron chi connectivity index (χ1n) is 5.48. The van der Waals surface area contributed by atoms with E-state index in [0.717, 1.165) is 24.3 Å². The third-order valence-corrected chi connectivity index (χ3v) is 1.87. The molecule has 0 aliphatic carbocycles. The number of hydrogen-bond donors (Lipinski definition) is 0. The van der Waals surface area contributed by atoms with E-state index in [4.69, 9.17) is 0 Å². The molecule has 21 heavy (non-hydrogen) atoms. The minimum Gasteiger partial charge on any atom is -0.393 e. The zero-order chi connectivity index (χ0) is 15.8. The van der Waals surface area contributed by atoms with Crippen molar-refractivity contribution in [1.29, 1.82) is 0 Å². The monoisotopic (exact) mass is 296 g/mol. The van der Waals surface area contributed by atoms with Gasteiger partial charge in [-0.1, -0.05) is 0 Å². The molecule has 0 unspecified atom stereocenters. The molecule has 1 saturated heterocycles. The molecule has 0 saturated carbocycles. The topological polar surface area (TPSA) is 130 Å². The number of ether oxygens (including phenoxy) is 3. The van der Waals surface area contributed by atoms with E-state index < -0.39 is 35.8 Å². The first kappa shape index (κ1) is 16.0. The number of cyclic esters (lactones) is 6. The standard InChI is InChI=1S/C4H4O3.2C4H2O3/c3*5-3-1-2-4(6)7-3/h1-2H2;2*1-2H. The van der Waals surface area contributed by atoms with Crippen LogP contribution >= 0.6 is 0 Å². The summed E-state index contributed by atoms with van der Waals surface area (Å²) in [5.41, 5.74) is 0. The van der Waals surface area contributed by atoms with E-state index in [1.54, 1.807) is 0 Å². The van der Waals surface area contributed by atoms with Crippen molar-refractivity contribution in [3.05, 3.63) is 24.3 Å². The number of carbonyl (C=O) groups excluding carboxylic acids is 6. The van der Waals surface area contributed by atoms with Crippen molar-refractivity contribution < 1.29 is 43.0 Å². The highest BCUT2D eigenvalue weighted by Crippen LogP contribution is 2.03. The number of hydrogen-bond acceptors (Lipinski definition) is 9. The van der Waals surface area contributed by atoms with Crippen molar-refractivity contribution in [2.45, 2.75) is 12.8 Å². The number of esters is 6. The molecule has 0 spiro atoms. The second-order valence-corrected chi connectivity index (χ2v) is 3.49. The van der Waals surface area contributed by atoms with Gasteiger partial charge in [0.25, 0.3) is 0 Å². The molecule has 3 aliphatic heterocycles. The van der Waals surface area contributed by atoms with E-state index in [1.165, 1.54) is 0 Å². The molecule has 3 aliphatic rings. The molecule has 3 rings (SSSR count). The van der Waals surface area contributed by atoms with Gasteiger partial charge in [0.15, 0.2) is 0 Å². The van der Waals surface area contributed by atoms with E-state index in [0.29, 0.717) is 0 Å². The summed E-state index contributed by atoms with van der Waals surface area (Å²) in [7, 11) is 0. The fraction of sp³-hybridized carbons (Fsp3) is 0.167. The molecule has 0 radical (unpaired) electrons. The number of rotatable bonds is 0. The van der Waals surface area contributed by atoms with Gasteiger partial charge in [0.05, 0.1) is 12.8 Å². The fourth-order valence-electron chi connectivity index (χ4n) is 1.04. The van der Waals surface area contributed by atoms with Crippen LogP contribution in [0.5, 0.6) is 0 Å². The van der Waals surface area contributed by atoms with Crippen molar-refractivity contribution >= 4 is 35.8 Å². The highest BCUT2D eigenvalue weighted by atomic mass is 16.6. The Bertz CT molecular complexity index is 485. The van der Waals surface area contributed by atoms with E-state index in [2.05, 4.69) is 14.2 Å². The van der Waals surface area contributed by atoms with Crippen LogP contribution in [0.4, 0.5) is 0 Å². The van der Waals surface area contributed by atoms with E-state index in [-0.39, 0.29) is 12.8 Å². The lowest BCUT2D eigenvalue weighted by molar-refractivity contribution is -0.153. The van der Waals surface area contributed by atoms with E-state index >= 15 is 0 Å². The highest BCUT2D eigenvalue weighted by Gasteiger charge is 2.19. The van der Waals surface area contributed by atoms with Crippen LogP contribution < -0.4 is 0 Å². The lowest BCUT2D eigenvalue weighted by Gasteiger charge is -1.80. The second-order valence-electron chi connectivity index (χ2n) is 3.49. The molecule has 3 heterocycles. The molecular formula is C12H8O9. The maximum Gasteiger partial charge on any atom is 0.338 e. The van der Waals surface area contributed by atoms with Gasteiger partial charge in [-0.25, -0.2) is 19.2 Å². The third kappa shape index (κ3) is 6.57. The molecule has 0 aromatic rings. The first-order chi connectivity index (χ1) is 9.86. The highest BCUT2D eigenvalue weighted by molar-refractivity contribution is 6.05. The maximum absolute atomic E-state index is 10.0. The summed E-state index contributed by atoms with van der Waals surface area (Å²) in [6, 6.07) is 0. The summed E-state index contributed by atoms with van der Waals surface area (Å²) in [5.74, 6) is -3.11. The first-order valence-corrected chi connectivity index (χ1v) is 5.48. The van der Waals surface area contributed by atoms with Gasteiger partial charge in [-0.05, 0) is 0 Å². The van der Waals surface area contributed by atoms with Crippen LogP contribution in [0.3, 0.4) is 0 Å². The van der Waals surface area contributed by atoms with Crippen LogP contribution in [0, 0.1) is 0 Å². The zero-order valence-corrected chi connectivity index (χ0v) is 10.4. The maximum atomic E-state index is 10.0. The zero-order valence-electron chi connectivity index (χ0n) is 10.4. The Labute approximate surface area is 117 Å². The molecule has 0 N–H and O–H groups in total. The van der Waals surface area contributed by atoms with Gasteiger partial charge in [-0.15, -0.1) is 0 Å². The van der Waals surface area contributed by atoms with Crippen LogP contribution in [-0.4, -0.2) is 35.8 Å². The fourth-order valence-corrected chi connectivity index (χ4v) is 1.04. The van der Waals surface area contributed by atoms with Crippen LogP contribution in [-0.2, 0) is 43.0 Å². The van der Waals surface area contributed by atoms with Crippen molar-refractivity contribution in [3.8, 4) is 0 Å². The van der Waals surface area contributed by atoms with Gasteiger partial charge in [0.1, 0.15) is 0 Å². The van der Waals surface area contributed by atoms with Crippen LogP contribution in [0.25, 0.3) is 0 Å². The van der Waals surface area contributed by atoms with Gasteiger partial charge >= 0.3 is 35.8 Å². The van der Waals surface area contributed by atoms with Gasteiger partial charge in [-0.3, -0.25) is 9.59 Å². The quantitative estimate of drug-likeness (QED) is 0.317. The predicted molar refractivity (Wildman–Crippen MR) is 60.8 cm³/mol. The SMILES string of the molecule is O=C1C=CC(=O)O1.O=C1C=CC(=O)O1.O=C1CCC(=O)O1. The van der Waals surface area contributed by atoms with Crippen LogP contribution in [0.15, 0.2) is 24.3 Å². The molecule has 9 nitrogen and oxygen atoms in total. The summed E-state index contributed by atoms with van der Waals surface area (Å²) in [4.78, 5) is 59.7. The molecule has 1 fully saturated rings. The Morgan fingerprint density at radius 2 is 0.810 bits per heavy atom. The van der Waals surface area contributed by atoms with Gasteiger partial charge in [0.2, 0.25) is 0 Å². The van der Waals surface area contributed by atoms with Crippen molar-refractivity contribution in [1.82, 2.24) is 0 Å². The molecule has 0 bridgehead atoms. The molecule has 0 atom stereocenters. The van der Waals surface area contributed by atoms with Crippen LogP contribution in [0.1, 0.15) is 12.8 Å². The third-order valence-electron chi connectivity index (χ3n) is 1.87. The van der Waals surface area contributed by atoms with E-state index in [9.17, 15) is 28.8 Å². The Morgan fingerprint density at radius 3 is 0.905 bits per heavy atom. The number of carbonyl (C=O) groups is 6. The average Bonchev–Trinajstić information content (AvgIpc) is 3.06. The Hall–Kier alpha value is -3.10. The second kappa shape index (κ2) is 7.48. The average molecular weight is 296 g/mol. The van der Waals surface area contributed by atoms with E-state index in [1.807, 2.05) is 0 Å². The van der Waals surface area contributed by atoms with Crippen molar-refractivity contribution in [2.75, 3.05) is 0 Å². The summed E-state index contributed by atoms with van der Waals surface area (Å²) in [6.45, 7) is 0. The summed E-state index contributed by atoms with van der Waals surface area (Å²) >= 11 is 0. The minimum absolute atomic E-state index is 0.263. The van der Waals surface area contributed by atoms with Crippen molar-refractivity contribution in [2.24, 2.45) is 0 Å². The molecule has 0 aromatic carbocycles. The molecular weight excluding hydrogens is 288 g/mol. The molecule has 0 aromatic heterocycles. The van der Waals surface area contributed by atoms with Crippen LogP contribution in [0.2, 0.25) is 0 Å². The van der Waals surface area contributed by atoms with Gasteiger partial charge in [0, 0.05) is 24.3 Å². The summed E-state index contributed by atoms with van der Waals surface area (Å²) in [6.07, 6.45) is 4.87. The minimum atomic E-state index is -0.579. The Morgan fingerprint density at radius 1 is 0.524 bits per heavy atom. The summed E-state index contributed by atoms with van der Waals surface area (Å²) < 4.78 is 12.0. The van der Waals surface area contributed by atoms with Crippen molar-refractivity contribution in [3.63, 3.8) is 0 Å². The predicted octanol–water partition coefficient (Wildman–Crippen LogP) is -0.898. The molecule has 0 amide bonds.